The van der Waals surface area contributed by atoms with Crippen LogP contribution in [0.25, 0.3) is 17.4 Å². The fourth-order valence-corrected chi connectivity index (χ4v) is 2.10. The van der Waals surface area contributed by atoms with Gasteiger partial charge in [0.2, 0.25) is 0 Å². The summed E-state index contributed by atoms with van der Waals surface area (Å²) in [5.74, 6) is 0.0155. The smallest absolute Gasteiger partial charge is 0.319 e. The van der Waals surface area contributed by atoms with Crippen molar-refractivity contribution in [2.75, 3.05) is 0 Å². The number of hydrogen-bond acceptors (Lipinski definition) is 4. The van der Waals surface area contributed by atoms with Gasteiger partial charge in [-0.3, -0.25) is 10.1 Å². The van der Waals surface area contributed by atoms with Crippen LogP contribution in [0.5, 0.6) is 0 Å². The maximum atomic E-state index is 11.6. The van der Waals surface area contributed by atoms with Gasteiger partial charge in [0, 0.05) is 16.1 Å². The quantitative estimate of drug-likeness (QED) is 0.648. The van der Waals surface area contributed by atoms with E-state index in [1.54, 1.807) is 18.2 Å². The number of nitrogens with one attached hydrogen (secondary N) is 1. The summed E-state index contributed by atoms with van der Waals surface area (Å²) in [7, 11) is 0. The molecule has 22 heavy (non-hydrogen) atoms. The van der Waals surface area contributed by atoms with Crippen LogP contribution in [0.2, 0.25) is 0 Å². The molecule has 6 nitrogen and oxygen atoms in total. The highest BCUT2D eigenvalue weighted by Crippen LogP contribution is 2.25. The number of amides is 3. The van der Waals surface area contributed by atoms with Crippen molar-refractivity contribution in [2.24, 2.45) is 5.73 Å². The number of furan rings is 1. The summed E-state index contributed by atoms with van der Waals surface area (Å²) in [6, 6.07) is 11.5. The second kappa shape index (κ2) is 6.74. The monoisotopic (exact) mass is 359 g/mol. The maximum Gasteiger partial charge on any atom is 0.319 e. The number of nitrogens with zero attached hydrogens (tertiary/aromatic N) is 1. The SMILES string of the molecule is N#C/C(=C/c1ccc(-c2cccc(Br)c2)o1)C(=O)NC(N)=O. The molecule has 1 heterocycles. The van der Waals surface area contributed by atoms with Gasteiger partial charge in [-0.1, -0.05) is 28.1 Å². The fraction of sp³-hybridized carbons (Fsp3) is 0. The van der Waals surface area contributed by atoms with E-state index in [9.17, 15) is 9.59 Å². The Morgan fingerprint density at radius 2 is 2.09 bits per heavy atom. The van der Waals surface area contributed by atoms with E-state index in [-0.39, 0.29) is 5.57 Å². The van der Waals surface area contributed by atoms with E-state index in [0.717, 1.165) is 10.0 Å². The van der Waals surface area contributed by atoms with Gasteiger partial charge in [-0.05, 0) is 24.3 Å². The van der Waals surface area contributed by atoms with Crippen molar-refractivity contribution in [1.82, 2.24) is 5.32 Å². The predicted octanol–water partition coefficient (Wildman–Crippen LogP) is 2.81. The number of benzene rings is 1. The molecule has 0 bridgehead atoms. The Morgan fingerprint density at radius 1 is 1.32 bits per heavy atom. The maximum absolute atomic E-state index is 11.6. The molecule has 1 aromatic heterocycles. The lowest BCUT2D eigenvalue weighted by atomic mass is 10.2. The number of nitrogens with two attached hydrogens (primary N) is 1. The lowest BCUT2D eigenvalue weighted by Crippen LogP contribution is -2.35. The number of hydrogen-bond donors (Lipinski definition) is 2. The zero-order valence-corrected chi connectivity index (χ0v) is 12.8. The molecular formula is C15H10BrN3O3. The van der Waals surface area contributed by atoms with Crippen molar-refractivity contribution in [1.29, 1.82) is 5.26 Å². The second-order valence-corrected chi connectivity index (χ2v) is 5.12. The number of halogens is 1. The van der Waals surface area contributed by atoms with E-state index in [4.69, 9.17) is 15.4 Å². The van der Waals surface area contributed by atoms with Crippen LogP contribution in [0.3, 0.4) is 0 Å². The molecule has 0 aliphatic carbocycles. The van der Waals surface area contributed by atoms with Gasteiger partial charge in [-0.25, -0.2) is 4.79 Å². The van der Waals surface area contributed by atoms with Crippen molar-refractivity contribution in [3.63, 3.8) is 0 Å². The first-order valence-electron chi connectivity index (χ1n) is 6.08. The molecule has 110 valence electrons. The number of primary amides is 1. The standard InChI is InChI=1S/C15H10BrN3O3/c16-11-3-1-2-9(6-11)13-5-4-12(22-13)7-10(8-17)14(20)19-15(18)21/h1-7H,(H3,18,19,20,21)/b10-7-. The molecule has 0 spiro atoms. The molecule has 3 amide bonds. The summed E-state index contributed by atoms with van der Waals surface area (Å²) in [5.41, 5.74) is 5.40. The van der Waals surface area contributed by atoms with Crippen molar-refractivity contribution < 1.29 is 14.0 Å². The summed E-state index contributed by atoms with van der Waals surface area (Å²) < 4.78 is 6.47. The topological polar surface area (TPSA) is 109 Å². The molecule has 2 aromatic rings. The van der Waals surface area contributed by atoms with E-state index in [0.29, 0.717) is 11.5 Å². The van der Waals surface area contributed by atoms with Gasteiger partial charge in [-0.2, -0.15) is 5.26 Å². The molecule has 0 unspecified atom stereocenters. The lowest BCUT2D eigenvalue weighted by molar-refractivity contribution is -0.115. The molecule has 0 radical (unpaired) electrons. The normalized spacial score (nSPS) is 10.8. The third kappa shape index (κ3) is 3.84. The molecule has 1 aromatic carbocycles. The Balaban J connectivity index is 2.27. The molecule has 0 atom stereocenters. The van der Waals surface area contributed by atoms with Gasteiger partial charge in [0.1, 0.15) is 23.2 Å². The molecule has 3 N–H and O–H groups in total. The van der Waals surface area contributed by atoms with E-state index in [2.05, 4.69) is 15.9 Å². The highest BCUT2D eigenvalue weighted by Gasteiger charge is 2.12. The summed E-state index contributed by atoms with van der Waals surface area (Å²) in [5, 5.41) is 10.8. The van der Waals surface area contributed by atoms with Crippen LogP contribution in [-0.4, -0.2) is 11.9 Å². The molecule has 0 saturated carbocycles. The fourth-order valence-electron chi connectivity index (χ4n) is 1.70. The minimum atomic E-state index is -1.03. The Bertz CT molecular complexity index is 802. The van der Waals surface area contributed by atoms with Crippen LogP contribution in [0.15, 0.2) is 50.9 Å². The minimum absolute atomic E-state index is 0.283. The first kappa shape index (κ1) is 15.5. The van der Waals surface area contributed by atoms with E-state index in [1.807, 2.05) is 29.6 Å². The van der Waals surface area contributed by atoms with Gasteiger partial charge >= 0.3 is 6.03 Å². The Hall–Kier alpha value is -2.85. The minimum Gasteiger partial charge on any atom is -0.457 e. The second-order valence-electron chi connectivity index (χ2n) is 4.20. The molecular weight excluding hydrogens is 350 g/mol. The molecule has 0 aliphatic rings. The average molecular weight is 360 g/mol. The van der Waals surface area contributed by atoms with Crippen LogP contribution in [-0.2, 0) is 4.79 Å². The van der Waals surface area contributed by atoms with Crippen LogP contribution >= 0.6 is 15.9 Å². The first-order valence-corrected chi connectivity index (χ1v) is 6.87. The van der Waals surface area contributed by atoms with Gasteiger partial charge in [0.15, 0.2) is 0 Å². The number of imide groups is 1. The third-order valence-corrected chi connectivity index (χ3v) is 3.12. The number of carbonyl (C=O) groups excluding carboxylic acids is 2. The van der Waals surface area contributed by atoms with Gasteiger partial charge in [-0.15, -0.1) is 0 Å². The summed E-state index contributed by atoms with van der Waals surface area (Å²) in [6.07, 6.45) is 1.24. The number of rotatable bonds is 3. The zero-order chi connectivity index (χ0) is 16.1. The molecule has 0 saturated heterocycles. The summed E-state index contributed by atoms with van der Waals surface area (Å²) in [6.45, 7) is 0. The van der Waals surface area contributed by atoms with Crippen LogP contribution < -0.4 is 11.1 Å². The summed E-state index contributed by atoms with van der Waals surface area (Å²) >= 11 is 3.37. The highest BCUT2D eigenvalue weighted by atomic mass is 79.9. The average Bonchev–Trinajstić information content (AvgIpc) is 2.92. The molecule has 0 fully saturated rings. The zero-order valence-electron chi connectivity index (χ0n) is 11.2. The van der Waals surface area contributed by atoms with Crippen molar-refractivity contribution in [3.05, 3.63) is 52.2 Å². The first-order chi connectivity index (χ1) is 10.5. The van der Waals surface area contributed by atoms with Gasteiger partial charge in [0.05, 0.1) is 0 Å². The van der Waals surface area contributed by atoms with Crippen LogP contribution in [0, 0.1) is 11.3 Å². The highest BCUT2D eigenvalue weighted by molar-refractivity contribution is 9.10. The number of nitriles is 1. The molecule has 0 aliphatic heterocycles. The van der Waals surface area contributed by atoms with Crippen molar-refractivity contribution >= 4 is 33.9 Å². The summed E-state index contributed by atoms with van der Waals surface area (Å²) in [4.78, 5) is 22.2. The van der Waals surface area contributed by atoms with Gasteiger partial charge < -0.3 is 10.2 Å². The molecule has 2 rings (SSSR count). The Morgan fingerprint density at radius 3 is 2.73 bits per heavy atom. The van der Waals surface area contributed by atoms with E-state index >= 15 is 0 Å². The van der Waals surface area contributed by atoms with Crippen molar-refractivity contribution in [2.45, 2.75) is 0 Å². The lowest BCUT2D eigenvalue weighted by Gasteiger charge is -1.98. The van der Waals surface area contributed by atoms with Crippen molar-refractivity contribution in [3.8, 4) is 17.4 Å². The van der Waals surface area contributed by atoms with Crippen LogP contribution in [0.1, 0.15) is 5.76 Å². The van der Waals surface area contributed by atoms with Crippen LogP contribution in [0.4, 0.5) is 4.79 Å². The van der Waals surface area contributed by atoms with E-state index < -0.39 is 11.9 Å². The number of urea groups is 1. The number of carbonyl (C=O) groups is 2. The molecule has 7 heteroatoms. The predicted molar refractivity (Wildman–Crippen MR) is 83.2 cm³/mol. The van der Waals surface area contributed by atoms with E-state index in [1.165, 1.54) is 6.08 Å². The Kier molecular flexibility index (Phi) is 4.76. The van der Waals surface area contributed by atoms with Gasteiger partial charge in [0.25, 0.3) is 5.91 Å². The third-order valence-electron chi connectivity index (χ3n) is 2.62. The Labute approximate surface area is 134 Å². The largest absolute Gasteiger partial charge is 0.457 e.